The monoisotopic (exact) mass is 478 g/mol. The van der Waals surface area contributed by atoms with Crippen LogP contribution in [-0.4, -0.2) is 63.4 Å². The third kappa shape index (κ3) is 7.59. The molecule has 10 heteroatoms. The number of nitrogens with two attached hydrogens (primary N) is 2. The molecule has 0 radical (unpaired) electrons. The third-order valence-electron chi connectivity index (χ3n) is 6.23. The number of hydrogen-bond acceptors (Lipinski definition) is 5. The Morgan fingerprint density at radius 1 is 1.30 bits per heavy atom. The van der Waals surface area contributed by atoms with Crippen molar-refractivity contribution < 1.29 is 13.2 Å². The Kier molecular flexibility index (Phi) is 10.4. The molecule has 9 nitrogen and oxygen atoms in total. The van der Waals surface area contributed by atoms with Crippen molar-refractivity contribution in [2.45, 2.75) is 57.5 Å². The molecular weight excluding hydrogens is 440 g/mol. The summed E-state index contributed by atoms with van der Waals surface area (Å²) in [7, 11) is -3.84. The Hall–Kier alpha value is -2.35. The van der Waals surface area contributed by atoms with Crippen molar-refractivity contribution >= 4 is 21.9 Å². The molecule has 0 saturated carbocycles. The van der Waals surface area contributed by atoms with Crippen molar-refractivity contribution in [3.8, 4) is 12.8 Å². The Bertz CT molecular complexity index is 870. The largest absolute Gasteiger partial charge is 0.370 e. The molecule has 3 aliphatic rings. The molecule has 0 aromatic rings. The fraction of sp³-hybridized carbons (Fsp3) is 0.652. The Labute approximate surface area is 198 Å². The summed E-state index contributed by atoms with van der Waals surface area (Å²) >= 11 is 0. The van der Waals surface area contributed by atoms with E-state index in [1.54, 1.807) is 11.0 Å². The molecule has 1 aliphatic carbocycles. The molecule has 2 heterocycles. The lowest BCUT2D eigenvalue weighted by Gasteiger charge is -2.37. The highest BCUT2D eigenvalue weighted by Gasteiger charge is 2.38. The minimum atomic E-state index is -3.84. The van der Waals surface area contributed by atoms with Gasteiger partial charge in [-0.3, -0.25) is 9.79 Å². The van der Waals surface area contributed by atoms with Gasteiger partial charge in [0.15, 0.2) is 5.96 Å². The van der Waals surface area contributed by atoms with Gasteiger partial charge in [-0.15, -0.1) is 12.8 Å². The zero-order valence-electron chi connectivity index (χ0n) is 19.4. The molecule has 3 unspecified atom stereocenters. The Morgan fingerprint density at radius 2 is 2.00 bits per heavy atom. The van der Waals surface area contributed by atoms with E-state index < -0.39 is 16.1 Å². The molecule has 33 heavy (non-hydrogen) atoms. The minimum absolute atomic E-state index is 0.0118. The van der Waals surface area contributed by atoms with E-state index in [4.69, 9.17) is 11.5 Å². The lowest BCUT2D eigenvalue weighted by atomic mass is 9.83. The van der Waals surface area contributed by atoms with Gasteiger partial charge in [0.05, 0.1) is 10.9 Å². The van der Waals surface area contributed by atoms with Gasteiger partial charge in [0, 0.05) is 19.6 Å². The van der Waals surface area contributed by atoms with Crippen molar-refractivity contribution in [2.75, 3.05) is 26.2 Å². The number of amides is 1. The van der Waals surface area contributed by atoms with Gasteiger partial charge in [0.1, 0.15) is 6.04 Å². The van der Waals surface area contributed by atoms with E-state index in [1.165, 1.54) is 0 Å². The molecule has 3 rings (SSSR count). The van der Waals surface area contributed by atoms with E-state index in [0.717, 1.165) is 32.2 Å². The lowest BCUT2D eigenvalue weighted by Crippen LogP contribution is -2.53. The van der Waals surface area contributed by atoms with Crippen LogP contribution in [0.3, 0.4) is 0 Å². The maximum atomic E-state index is 13.4. The van der Waals surface area contributed by atoms with Crippen LogP contribution in [0.4, 0.5) is 0 Å². The van der Waals surface area contributed by atoms with Crippen LogP contribution in [0.2, 0.25) is 0 Å². The number of rotatable bonds is 8. The van der Waals surface area contributed by atoms with Gasteiger partial charge in [-0.1, -0.05) is 19.1 Å². The number of piperidine rings is 2. The highest BCUT2D eigenvalue weighted by Crippen LogP contribution is 2.31. The van der Waals surface area contributed by atoms with Gasteiger partial charge in [-0.05, 0) is 63.0 Å². The van der Waals surface area contributed by atoms with Crippen molar-refractivity contribution in [2.24, 2.45) is 28.3 Å². The third-order valence-corrected chi connectivity index (χ3v) is 7.84. The number of carbonyl (C=O) groups excluding carboxylic acids is 1. The number of sulfonamides is 1. The van der Waals surface area contributed by atoms with Crippen LogP contribution in [0, 0.1) is 24.7 Å². The van der Waals surface area contributed by atoms with E-state index in [1.807, 2.05) is 6.08 Å². The van der Waals surface area contributed by atoms with Crippen molar-refractivity contribution in [3.05, 3.63) is 23.1 Å². The van der Waals surface area contributed by atoms with E-state index >= 15 is 0 Å². The first-order chi connectivity index (χ1) is 15.8. The summed E-state index contributed by atoms with van der Waals surface area (Å²) in [5, 5.41) is 3.38. The summed E-state index contributed by atoms with van der Waals surface area (Å²) in [5.74, 6) is 0.451. The van der Waals surface area contributed by atoms with Crippen LogP contribution in [0.1, 0.15) is 45.4 Å². The normalized spacial score (nSPS) is 25.6. The van der Waals surface area contributed by atoms with E-state index in [9.17, 15) is 13.2 Å². The number of aliphatic imine (C=N–C) groups is 1. The topological polar surface area (TPSA) is 143 Å². The van der Waals surface area contributed by atoms with E-state index in [0.29, 0.717) is 43.3 Å². The molecule has 184 valence electrons. The maximum Gasteiger partial charge on any atom is 0.240 e. The van der Waals surface area contributed by atoms with Gasteiger partial charge in [0.2, 0.25) is 15.9 Å². The first-order valence-electron chi connectivity index (χ1n) is 11.6. The molecule has 1 amide bonds. The average molecular weight is 479 g/mol. The molecule has 0 aromatic carbocycles. The summed E-state index contributed by atoms with van der Waals surface area (Å²) in [6.07, 6.45) is 18.3. The second kappa shape index (κ2) is 12.8. The number of guanidine groups is 1. The highest BCUT2D eigenvalue weighted by atomic mass is 32.2. The van der Waals surface area contributed by atoms with Crippen molar-refractivity contribution in [3.63, 3.8) is 0 Å². The van der Waals surface area contributed by atoms with Gasteiger partial charge < -0.3 is 21.7 Å². The molecule has 2 fully saturated rings. The van der Waals surface area contributed by atoms with E-state index in [2.05, 4.69) is 40.9 Å². The first kappa shape index (κ1) is 26.9. The SMILES string of the molecule is C#C.CC1CNC2C(S(=O)(=O)N[C@@H](CCCN=C(N)N)C(=O)N3CCCCC3)=CC=CC2C1. The summed E-state index contributed by atoms with van der Waals surface area (Å²) in [4.78, 5) is 19.2. The summed E-state index contributed by atoms with van der Waals surface area (Å²) in [6, 6.07) is -1.09. The molecule has 0 spiro atoms. The number of fused-ring (bicyclic) bond motifs is 1. The highest BCUT2D eigenvalue weighted by molar-refractivity contribution is 7.93. The number of terminal acetylenes is 1. The van der Waals surface area contributed by atoms with Crippen LogP contribution < -0.4 is 21.5 Å². The Balaban J connectivity index is 0.00000187. The lowest BCUT2D eigenvalue weighted by molar-refractivity contribution is -0.134. The molecular formula is C23H38N6O3S. The second-order valence-corrected chi connectivity index (χ2v) is 10.6. The standard InChI is InChI=1S/C21H36N6O3S.C2H2/c1-15-13-16-7-5-9-18(19(16)25-14-15)31(29,30)26-17(8-6-10-24-21(22)23)20(28)27-11-3-2-4-12-27;1-2/h5,7,9,15-17,19,25-26H,2-4,6,8,10-14H2,1H3,(H4,22,23,24);1-2H/t15?,16?,17-,19?;/m0./s1. The summed E-state index contributed by atoms with van der Waals surface area (Å²) < 4.78 is 29.5. The fourth-order valence-electron chi connectivity index (χ4n) is 4.64. The minimum Gasteiger partial charge on any atom is -0.370 e. The number of likely N-dealkylation sites (tertiary alicyclic amines) is 1. The summed E-state index contributed by atoms with van der Waals surface area (Å²) in [5.41, 5.74) is 10.8. The molecule has 2 saturated heterocycles. The number of carbonyl (C=O) groups is 1. The zero-order valence-corrected chi connectivity index (χ0v) is 20.3. The number of nitrogens with zero attached hydrogens (tertiary/aromatic N) is 2. The van der Waals surface area contributed by atoms with Crippen LogP contribution >= 0.6 is 0 Å². The number of nitrogens with one attached hydrogen (secondary N) is 2. The van der Waals surface area contributed by atoms with Gasteiger partial charge in [0.25, 0.3) is 0 Å². The fourth-order valence-corrected chi connectivity index (χ4v) is 6.22. The second-order valence-electron chi connectivity index (χ2n) is 8.85. The molecule has 6 N–H and O–H groups in total. The smallest absolute Gasteiger partial charge is 0.240 e. The zero-order chi connectivity index (χ0) is 24.4. The van der Waals surface area contributed by atoms with Crippen molar-refractivity contribution in [1.29, 1.82) is 0 Å². The Morgan fingerprint density at radius 3 is 2.67 bits per heavy atom. The molecule has 0 aromatic heterocycles. The van der Waals surface area contributed by atoms with Crippen LogP contribution in [0.5, 0.6) is 0 Å². The average Bonchev–Trinajstić information content (AvgIpc) is 2.81. The van der Waals surface area contributed by atoms with Crippen LogP contribution in [-0.2, 0) is 14.8 Å². The first-order valence-corrected chi connectivity index (χ1v) is 13.1. The van der Waals surface area contributed by atoms with E-state index in [-0.39, 0.29) is 23.8 Å². The van der Waals surface area contributed by atoms with Gasteiger partial charge >= 0.3 is 0 Å². The quantitative estimate of drug-likeness (QED) is 0.175. The van der Waals surface area contributed by atoms with Crippen LogP contribution in [0.25, 0.3) is 0 Å². The molecule has 0 bridgehead atoms. The predicted octanol–water partition coefficient (Wildman–Crippen LogP) is 0.658. The summed E-state index contributed by atoms with van der Waals surface area (Å²) in [6.45, 7) is 4.62. The molecule has 2 aliphatic heterocycles. The van der Waals surface area contributed by atoms with Crippen molar-refractivity contribution in [1.82, 2.24) is 14.9 Å². The van der Waals surface area contributed by atoms with Gasteiger partial charge in [-0.25, -0.2) is 8.42 Å². The number of hydrogen-bond donors (Lipinski definition) is 4. The molecule has 4 atom stereocenters. The van der Waals surface area contributed by atoms with Crippen LogP contribution in [0.15, 0.2) is 28.1 Å². The van der Waals surface area contributed by atoms with Gasteiger partial charge in [-0.2, -0.15) is 4.72 Å². The maximum absolute atomic E-state index is 13.4. The number of allylic oxidation sites excluding steroid dienone is 2. The predicted molar refractivity (Wildman–Crippen MR) is 132 cm³/mol.